The van der Waals surface area contributed by atoms with Crippen LogP contribution in [0.25, 0.3) is 6.08 Å². The zero-order chi connectivity index (χ0) is 32.0. The first-order valence-electron chi connectivity index (χ1n) is 15.3. The predicted molar refractivity (Wildman–Crippen MR) is 171 cm³/mol. The number of piperidine rings is 2. The molecule has 0 radical (unpaired) electrons. The third kappa shape index (κ3) is 8.28. The van der Waals surface area contributed by atoms with E-state index < -0.39 is 23.7 Å². The highest BCUT2D eigenvalue weighted by Gasteiger charge is 2.42. The number of nitrogens with one attached hydrogen (secondary N) is 1. The van der Waals surface area contributed by atoms with E-state index in [0.29, 0.717) is 30.8 Å². The van der Waals surface area contributed by atoms with Crippen molar-refractivity contribution in [3.05, 3.63) is 106 Å². The molecule has 3 aliphatic rings. The molecular weight excluding hydrogens is 600 g/mol. The van der Waals surface area contributed by atoms with Crippen LogP contribution in [0.4, 0.5) is 14.5 Å². The minimum atomic E-state index is -0.879. The van der Waals surface area contributed by atoms with E-state index in [2.05, 4.69) is 16.3 Å². The smallest absolute Gasteiger partial charge is 0.335 e. The van der Waals surface area contributed by atoms with E-state index >= 15 is 0 Å². The monoisotopic (exact) mass is 637 g/mol. The molecule has 0 aromatic heterocycles. The van der Waals surface area contributed by atoms with E-state index in [9.17, 15) is 23.5 Å². The van der Waals surface area contributed by atoms with Crippen LogP contribution in [-0.2, 0) is 10.2 Å². The standard InChI is InChI=1S/C28H32ClF2N3O2.C7H6O2/c29-21-2-3-24-25(15-21)32-18-28(24)7-11-33(12-8-28)17-26(35)20-5-9-34(10-6-20)27(36)4-1-19-13-22(30)16-23(31)14-19;8-7(9)6-4-2-1-3-5-6/h1-4,13-16,20,26,32,35H,5-12,17-18H2;1-5H,(H,8,9)/b4-1+;/t26-;/m1./s1. The van der Waals surface area contributed by atoms with Gasteiger partial charge in [-0.3, -0.25) is 4.79 Å². The van der Waals surface area contributed by atoms with E-state index in [-0.39, 0.29) is 17.2 Å². The van der Waals surface area contributed by atoms with Gasteiger partial charge < -0.3 is 25.3 Å². The molecule has 1 amide bonds. The van der Waals surface area contributed by atoms with Crippen LogP contribution in [0.15, 0.2) is 72.8 Å². The number of hydrogen-bond donors (Lipinski definition) is 3. The Morgan fingerprint density at radius 2 is 1.64 bits per heavy atom. The molecule has 10 heteroatoms. The van der Waals surface area contributed by atoms with Crippen LogP contribution in [-0.4, -0.2) is 77.3 Å². The van der Waals surface area contributed by atoms with E-state index in [0.717, 1.165) is 62.1 Å². The third-order valence-electron chi connectivity index (χ3n) is 9.15. The summed E-state index contributed by atoms with van der Waals surface area (Å²) in [7, 11) is 0. The fraction of sp³-hybridized carbons (Fsp3) is 0.371. The third-order valence-corrected chi connectivity index (χ3v) is 9.38. The maximum absolute atomic E-state index is 13.3. The average molecular weight is 638 g/mol. The van der Waals surface area contributed by atoms with Crippen molar-refractivity contribution in [1.29, 1.82) is 0 Å². The van der Waals surface area contributed by atoms with Crippen LogP contribution in [0.2, 0.25) is 5.02 Å². The number of benzene rings is 3. The number of likely N-dealkylation sites (tertiary alicyclic amines) is 2. The summed E-state index contributed by atoms with van der Waals surface area (Å²) >= 11 is 6.16. The van der Waals surface area contributed by atoms with Crippen molar-refractivity contribution in [2.24, 2.45) is 5.92 Å². The highest BCUT2D eigenvalue weighted by molar-refractivity contribution is 6.30. The number of carbonyl (C=O) groups is 2. The number of carbonyl (C=O) groups excluding carboxylic acids is 1. The highest BCUT2D eigenvalue weighted by Crippen LogP contribution is 2.44. The average Bonchev–Trinajstić information content (AvgIpc) is 3.38. The molecule has 6 rings (SSSR count). The summed E-state index contributed by atoms with van der Waals surface area (Å²) in [6.07, 6.45) is 5.96. The van der Waals surface area contributed by atoms with Crippen molar-refractivity contribution in [2.75, 3.05) is 44.6 Å². The number of β-amino-alcohol motifs (C(OH)–C–C–N with tert-alkyl or cyclic N) is 1. The van der Waals surface area contributed by atoms with Crippen LogP contribution in [0, 0.1) is 17.6 Å². The number of hydrogen-bond acceptors (Lipinski definition) is 5. The van der Waals surface area contributed by atoms with Crippen LogP contribution in [0.5, 0.6) is 0 Å². The van der Waals surface area contributed by atoms with Gasteiger partial charge in [0.2, 0.25) is 5.91 Å². The Morgan fingerprint density at radius 3 is 2.27 bits per heavy atom. The van der Waals surface area contributed by atoms with E-state index in [4.69, 9.17) is 16.7 Å². The summed E-state index contributed by atoms with van der Waals surface area (Å²) < 4.78 is 26.7. The van der Waals surface area contributed by atoms with Crippen LogP contribution >= 0.6 is 11.6 Å². The first-order chi connectivity index (χ1) is 21.6. The normalized spacial score (nSPS) is 18.6. The molecule has 2 saturated heterocycles. The quantitative estimate of drug-likeness (QED) is 0.284. The number of aliphatic hydroxyl groups is 1. The topological polar surface area (TPSA) is 93.1 Å². The van der Waals surface area contributed by atoms with Gasteiger partial charge in [-0.15, -0.1) is 0 Å². The molecule has 3 aromatic rings. The lowest BCUT2D eigenvalue weighted by atomic mass is 9.74. The largest absolute Gasteiger partial charge is 0.478 e. The molecule has 2 fully saturated rings. The zero-order valence-electron chi connectivity index (χ0n) is 25.0. The van der Waals surface area contributed by atoms with Gasteiger partial charge in [0.15, 0.2) is 0 Å². The molecule has 0 saturated carbocycles. The molecule has 0 aliphatic carbocycles. The first-order valence-corrected chi connectivity index (χ1v) is 15.7. The number of nitrogens with zero attached hydrogens (tertiary/aromatic N) is 2. The molecule has 3 aliphatic heterocycles. The number of carboxylic acids is 1. The van der Waals surface area contributed by atoms with E-state index in [1.54, 1.807) is 35.2 Å². The number of aliphatic hydroxyl groups excluding tert-OH is 1. The number of carboxylic acid groups (broad SMARTS) is 1. The summed E-state index contributed by atoms with van der Waals surface area (Å²) in [5.41, 5.74) is 3.31. The SMILES string of the molecule is O=C(/C=C/c1cc(F)cc(F)c1)N1CCC([C@H](O)CN2CCC3(CC2)CNc2cc(Cl)ccc23)CC1.O=C(O)c1ccccc1. The second-order valence-electron chi connectivity index (χ2n) is 12.1. The Bertz CT molecular complexity index is 1500. The number of rotatable bonds is 6. The van der Waals surface area contributed by atoms with Crippen molar-refractivity contribution in [3.8, 4) is 0 Å². The lowest BCUT2D eigenvalue weighted by molar-refractivity contribution is -0.128. The molecule has 0 unspecified atom stereocenters. The second-order valence-corrected chi connectivity index (χ2v) is 12.5. The summed E-state index contributed by atoms with van der Waals surface area (Å²) in [5, 5.41) is 23.6. The fourth-order valence-electron chi connectivity index (χ4n) is 6.54. The van der Waals surface area contributed by atoms with Crippen molar-refractivity contribution in [1.82, 2.24) is 9.80 Å². The number of aromatic carboxylic acids is 1. The number of fused-ring (bicyclic) bond motifs is 2. The Balaban J connectivity index is 0.000000383. The van der Waals surface area contributed by atoms with Crippen molar-refractivity contribution in [3.63, 3.8) is 0 Å². The summed E-state index contributed by atoms with van der Waals surface area (Å²) in [5.74, 6) is -2.25. The Kier molecular flexibility index (Phi) is 10.5. The summed E-state index contributed by atoms with van der Waals surface area (Å²) in [4.78, 5) is 26.8. The van der Waals surface area contributed by atoms with Crippen LogP contribution in [0.3, 0.4) is 0 Å². The highest BCUT2D eigenvalue weighted by atomic mass is 35.5. The van der Waals surface area contributed by atoms with E-state index in [1.807, 2.05) is 12.1 Å². The van der Waals surface area contributed by atoms with E-state index in [1.165, 1.54) is 29.8 Å². The molecule has 1 atom stereocenters. The molecule has 45 heavy (non-hydrogen) atoms. The van der Waals surface area contributed by atoms with Crippen molar-refractivity contribution < 1.29 is 28.6 Å². The maximum atomic E-state index is 13.3. The fourth-order valence-corrected chi connectivity index (χ4v) is 6.71. The number of anilines is 1. The lowest BCUT2D eigenvalue weighted by Crippen LogP contribution is -2.48. The molecular formula is C35H38ClF2N3O4. The Hall–Kier alpha value is -3.79. The maximum Gasteiger partial charge on any atom is 0.335 e. The zero-order valence-corrected chi connectivity index (χ0v) is 25.7. The minimum Gasteiger partial charge on any atom is -0.478 e. The predicted octanol–water partition coefficient (Wildman–Crippen LogP) is 6.08. The number of amides is 1. The molecule has 0 bridgehead atoms. The minimum absolute atomic E-state index is 0.151. The molecule has 3 N–H and O–H groups in total. The van der Waals surface area contributed by atoms with Gasteiger partial charge >= 0.3 is 5.97 Å². The molecule has 1 spiro atoms. The summed E-state index contributed by atoms with van der Waals surface area (Å²) in [6, 6.07) is 17.6. The van der Waals surface area contributed by atoms with Crippen molar-refractivity contribution >= 4 is 35.2 Å². The Morgan fingerprint density at radius 1 is 0.978 bits per heavy atom. The van der Waals surface area contributed by atoms with Crippen molar-refractivity contribution in [2.45, 2.75) is 37.2 Å². The first kappa shape index (κ1) is 32.6. The Labute approximate surface area is 267 Å². The molecule has 238 valence electrons. The van der Waals surface area contributed by atoms with Gasteiger partial charge in [0, 0.05) is 54.4 Å². The van der Waals surface area contributed by atoms with Crippen LogP contribution in [0.1, 0.15) is 47.2 Å². The van der Waals surface area contributed by atoms with Gasteiger partial charge in [-0.1, -0.05) is 35.9 Å². The van der Waals surface area contributed by atoms with Crippen LogP contribution < -0.4 is 5.32 Å². The summed E-state index contributed by atoms with van der Waals surface area (Å²) in [6.45, 7) is 4.62. The van der Waals surface area contributed by atoms with Gasteiger partial charge in [-0.05, 0) is 98.3 Å². The lowest BCUT2D eigenvalue weighted by Gasteiger charge is -2.41. The van der Waals surface area contributed by atoms with Gasteiger partial charge in [-0.25, -0.2) is 13.6 Å². The van der Waals surface area contributed by atoms with Gasteiger partial charge in [0.1, 0.15) is 11.6 Å². The molecule has 3 aromatic carbocycles. The number of halogens is 3. The second kappa shape index (κ2) is 14.5. The molecule has 3 heterocycles. The molecule has 7 nitrogen and oxygen atoms in total. The van der Waals surface area contributed by atoms with Gasteiger partial charge in [0.25, 0.3) is 0 Å². The van der Waals surface area contributed by atoms with Gasteiger partial charge in [-0.2, -0.15) is 0 Å². The van der Waals surface area contributed by atoms with Gasteiger partial charge in [0.05, 0.1) is 11.7 Å².